The van der Waals surface area contributed by atoms with Gasteiger partial charge in [-0.25, -0.2) is 0 Å². The van der Waals surface area contributed by atoms with Gasteiger partial charge >= 0.3 is 0 Å². The van der Waals surface area contributed by atoms with Crippen molar-refractivity contribution in [2.24, 2.45) is 0 Å². The van der Waals surface area contributed by atoms with E-state index >= 15 is 0 Å². The van der Waals surface area contributed by atoms with E-state index in [9.17, 15) is 9.59 Å². The summed E-state index contributed by atoms with van der Waals surface area (Å²) >= 11 is 5.43. The van der Waals surface area contributed by atoms with Crippen molar-refractivity contribution in [3.05, 3.63) is 44.1 Å². The van der Waals surface area contributed by atoms with Crippen molar-refractivity contribution >= 4 is 45.8 Å². The van der Waals surface area contributed by atoms with Gasteiger partial charge in [-0.05, 0) is 49.9 Å². The lowest BCUT2D eigenvalue weighted by molar-refractivity contribution is 0.0693. The van der Waals surface area contributed by atoms with E-state index in [-0.39, 0.29) is 17.2 Å². The van der Waals surface area contributed by atoms with Crippen LogP contribution < -0.4 is 0 Å². The number of imide groups is 1. The molecule has 0 atom stereocenters. The summed E-state index contributed by atoms with van der Waals surface area (Å²) in [4.78, 5) is 34.7. The Morgan fingerprint density at radius 2 is 1.18 bits per heavy atom. The maximum Gasteiger partial charge on any atom is 0.262 e. The van der Waals surface area contributed by atoms with E-state index in [1.54, 1.807) is 23.9 Å². The van der Waals surface area contributed by atoms with Crippen molar-refractivity contribution < 1.29 is 9.59 Å². The fourth-order valence-corrected chi connectivity index (χ4v) is 10.7. The minimum absolute atomic E-state index is 0.0752. The van der Waals surface area contributed by atoms with Crippen molar-refractivity contribution in [3.63, 3.8) is 0 Å². The lowest BCUT2D eigenvalue weighted by Crippen LogP contribution is -2.25. The molecular formula is C34H45NO2S3. The predicted molar refractivity (Wildman–Crippen MR) is 174 cm³/mol. The first-order valence-electron chi connectivity index (χ1n) is 15.6. The first-order chi connectivity index (χ1) is 19.3. The zero-order chi connectivity index (χ0) is 28.4. The molecule has 1 aliphatic heterocycles. The lowest BCUT2D eigenvalue weighted by atomic mass is 9.71. The van der Waals surface area contributed by atoms with Gasteiger partial charge in [-0.3, -0.25) is 14.5 Å². The molecule has 5 rings (SSSR count). The SMILES string of the molecule is CCCCCCCCC1(CCCCCCCC)c2cc(C)sc2-c2sc(-c3sc(C)c4c3C(=O)N(C)C4=O)cc21. The van der Waals surface area contributed by atoms with Crippen LogP contribution in [0.2, 0.25) is 0 Å². The maximum atomic E-state index is 13.1. The Balaban J connectivity index is 1.51. The number of aryl methyl sites for hydroxylation is 2. The quantitative estimate of drug-likeness (QED) is 0.129. The summed E-state index contributed by atoms with van der Waals surface area (Å²) in [5.74, 6) is -0.299. The molecule has 0 spiro atoms. The molecule has 216 valence electrons. The second kappa shape index (κ2) is 12.6. The van der Waals surface area contributed by atoms with Crippen LogP contribution in [0, 0.1) is 13.8 Å². The molecule has 2 amide bonds. The zero-order valence-electron chi connectivity index (χ0n) is 25.0. The van der Waals surface area contributed by atoms with Crippen LogP contribution in [0.3, 0.4) is 0 Å². The van der Waals surface area contributed by atoms with Gasteiger partial charge in [-0.15, -0.1) is 34.0 Å². The number of unbranched alkanes of at least 4 members (excludes halogenated alkanes) is 10. The summed E-state index contributed by atoms with van der Waals surface area (Å²) in [6.07, 6.45) is 18.2. The minimum Gasteiger partial charge on any atom is -0.277 e. The van der Waals surface area contributed by atoms with E-state index in [0.717, 1.165) is 9.75 Å². The maximum absolute atomic E-state index is 13.1. The number of hydrogen-bond donors (Lipinski definition) is 0. The van der Waals surface area contributed by atoms with Crippen molar-refractivity contribution in [2.75, 3.05) is 7.05 Å². The fourth-order valence-electron chi connectivity index (χ4n) is 6.90. The van der Waals surface area contributed by atoms with Gasteiger partial charge in [0.1, 0.15) is 0 Å². The van der Waals surface area contributed by atoms with Crippen molar-refractivity contribution in [3.8, 4) is 19.5 Å². The van der Waals surface area contributed by atoms with Crippen LogP contribution in [-0.4, -0.2) is 23.8 Å². The van der Waals surface area contributed by atoms with E-state index in [1.165, 1.54) is 120 Å². The second-order valence-electron chi connectivity index (χ2n) is 12.0. The van der Waals surface area contributed by atoms with Gasteiger partial charge in [0, 0.05) is 36.8 Å². The summed E-state index contributed by atoms with van der Waals surface area (Å²) in [6.45, 7) is 8.82. The molecule has 6 heteroatoms. The van der Waals surface area contributed by atoms with Crippen LogP contribution in [0.25, 0.3) is 19.5 Å². The molecule has 0 saturated heterocycles. The third-order valence-electron chi connectivity index (χ3n) is 9.08. The number of fused-ring (bicyclic) bond motifs is 4. The Morgan fingerprint density at radius 3 is 1.80 bits per heavy atom. The minimum atomic E-state index is -0.152. The molecule has 2 aliphatic rings. The van der Waals surface area contributed by atoms with Gasteiger partial charge in [0.25, 0.3) is 11.8 Å². The third-order valence-corrected chi connectivity index (χ3v) is 12.7. The molecule has 3 aromatic heterocycles. The average Bonchev–Trinajstić information content (AvgIpc) is 3.71. The first-order valence-corrected chi connectivity index (χ1v) is 18.0. The summed E-state index contributed by atoms with van der Waals surface area (Å²) in [6, 6.07) is 4.92. The Morgan fingerprint density at radius 1 is 0.650 bits per heavy atom. The number of carbonyl (C=O) groups is 2. The second-order valence-corrected chi connectivity index (χ2v) is 15.5. The highest BCUT2D eigenvalue weighted by Gasteiger charge is 2.46. The molecule has 0 saturated carbocycles. The van der Waals surface area contributed by atoms with E-state index in [4.69, 9.17) is 0 Å². The topological polar surface area (TPSA) is 37.4 Å². The van der Waals surface area contributed by atoms with Gasteiger partial charge in [0.2, 0.25) is 0 Å². The van der Waals surface area contributed by atoms with Gasteiger partial charge in [-0.1, -0.05) is 90.9 Å². The van der Waals surface area contributed by atoms with Crippen molar-refractivity contribution in [1.29, 1.82) is 0 Å². The standard InChI is InChI=1S/C34H45NO2S3/c1-6-8-10-12-14-16-18-34(19-17-15-13-11-9-7-2)24-20-22(3)38-29(24)30-25(34)21-26(40-30)31-28-27(23(4)39-31)32(36)35(5)33(28)37/h20-21H,6-19H2,1-5H3. The molecule has 3 aromatic rings. The first kappa shape index (κ1) is 29.7. The Kier molecular flexibility index (Phi) is 9.38. The molecule has 0 aromatic carbocycles. The van der Waals surface area contributed by atoms with Gasteiger partial charge < -0.3 is 0 Å². The number of nitrogens with zero attached hydrogens (tertiary/aromatic N) is 1. The monoisotopic (exact) mass is 595 g/mol. The highest BCUT2D eigenvalue weighted by Crippen LogP contribution is 2.61. The molecule has 0 N–H and O–H groups in total. The Bertz CT molecular complexity index is 1360. The van der Waals surface area contributed by atoms with Crippen LogP contribution in [0.5, 0.6) is 0 Å². The normalized spacial score (nSPS) is 15.3. The Hall–Kier alpha value is -1.76. The summed E-state index contributed by atoms with van der Waals surface area (Å²) in [5, 5.41) is 0. The summed E-state index contributed by atoms with van der Waals surface area (Å²) < 4.78 is 0. The van der Waals surface area contributed by atoms with Crippen LogP contribution in [0.15, 0.2) is 12.1 Å². The fraction of sp³-hybridized carbons (Fsp3) is 0.588. The summed E-state index contributed by atoms with van der Waals surface area (Å²) in [7, 11) is 1.61. The van der Waals surface area contributed by atoms with Crippen LogP contribution in [0.4, 0.5) is 0 Å². The number of rotatable bonds is 15. The highest BCUT2D eigenvalue weighted by atomic mass is 32.1. The molecule has 0 unspecified atom stereocenters. The predicted octanol–water partition coefficient (Wildman–Crippen LogP) is 11.1. The van der Waals surface area contributed by atoms with Gasteiger partial charge in [0.05, 0.1) is 16.0 Å². The molecule has 0 fully saturated rings. The van der Waals surface area contributed by atoms with E-state index in [0.29, 0.717) is 11.1 Å². The average molecular weight is 596 g/mol. The highest BCUT2D eigenvalue weighted by molar-refractivity contribution is 7.27. The van der Waals surface area contributed by atoms with Crippen molar-refractivity contribution in [1.82, 2.24) is 4.90 Å². The van der Waals surface area contributed by atoms with Gasteiger partial charge in [0.15, 0.2) is 0 Å². The molecule has 0 bridgehead atoms. The largest absolute Gasteiger partial charge is 0.277 e. The zero-order valence-corrected chi connectivity index (χ0v) is 27.5. The van der Waals surface area contributed by atoms with E-state index in [2.05, 4.69) is 32.9 Å². The number of carbonyl (C=O) groups excluding carboxylic acids is 2. The number of hydrogen-bond acceptors (Lipinski definition) is 5. The number of thiophene rings is 3. The molecule has 3 nitrogen and oxygen atoms in total. The third kappa shape index (κ3) is 5.29. The molecule has 0 radical (unpaired) electrons. The lowest BCUT2D eigenvalue weighted by Gasteiger charge is -2.31. The number of amides is 2. The molecule has 4 heterocycles. The summed E-state index contributed by atoms with van der Waals surface area (Å²) in [5.41, 5.74) is 4.41. The van der Waals surface area contributed by atoms with Crippen LogP contribution >= 0.6 is 34.0 Å². The molecule has 1 aliphatic carbocycles. The molecular weight excluding hydrogens is 551 g/mol. The van der Waals surface area contributed by atoms with Crippen molar-refractivity contribution in [2.45, 2.75) is 123 Å². The van der Waals surface area contributed by atoms with Crippen LogP contribution in [-0.2, 0) is 5.41 Å². The van der Waals surface area contributed by atoms with Gasteiger partial charge in [-0.2, -0.15) is 0 Å². The smallest absolute Gasteiger partial charge is 0.262 e. The van der Waals surface area contributed by atoms with Crippen LogP contribution in [0.1, 0.15) is 145 Å². The Labute approximate surface area is 253 Å². The van der Waals surface area contributed by atoms with E-state index in [1.807, 2.05) is 29.6 Å². The van der Waals surface area contributed by atoms with E-state index < -0.39 is 0 Å². The molecule has 40 heavy (non-hydrogen) atoms.